The maximum absolute atomic E-state index is 12.7. The average Bonchev–Trinajstić information content (AvgIpc) is 3.44. The van der Waals surface area contributed by atoms with Gasteiger partial charge in [0.15, 0.2) is 0 Å². The Morgan fingerprint density at radius 2 is 1.93 bits per heavy atom. The van der Waals surface area contributed by atoms with E-state index in [1.54, 1.807) is 13.0 Å². The predicted molar refractivity (Wildman–Crippen MR) is 118 cm³/mol. The van der Waals surface area contributed by atoms with Gasteiger partial charge in [-0.1, -0.05) is 18.2 Å². The molecule has 30 heavy (non-hydrogen) atoms. The van der Waals surface area contributed by atoms with Crippen LogP contribution in [0.1, 0.15) is 47.7 Å². The van der Waals surface area contributed by atoms with Gasteiger partial charge in [-0.05, 0) is 74.4 Å². The fraction of sp³-hybridized carbons (Fsp3) is 0.417. The number of carbonyl (C=O) groups excluding carboxylic acids is 2. The molecule has 158 valence electrons. The van der Waals surface area contributed by atoms with Gasteiger partial charge in [-0.15, -0.1) is 0 Å². The van der Waals surface area contributed by atoms with Crippen molar-refractivity contribution in [2.24, 2.45) is 0 Å². The van der Waals surface area contributed by atoms with Gasteiger partial charge in [0.05, 0.1) is 11.7 Å². The third-order valence-electron chi connectivity index (χ3n) is 5.82. The van der Waals surface area contributed by atoms with E-state index in [9.17, 15) is 9.59 Å². The first-order chi connectivity index (χ1) is 14.6. The minimum absolute atomic E-state index is 0.0890. The number of hydrogen-bond donors (Lipinski definition) is 3. The van der Waals surface area contributed by atoms with Crippen molar-refractivity contribution >= 4 is 23.2 Å². The molecule has 6 nitrogen and oxygen atoms in total. The van der Waals surface area contributed by atoms with E-state index >= 15 is 0 Å². The zero-order valence-electron chi connectivity index (χ0n) is 17.4. The molecule has 0 radical (unpaired) electrons. The molecule has 1 aliphatic heterocycles. The SMILES string of the molecule is CC(Nc1ccccc1C(=O)NCC1CCCO1)C(=O)Nc1ccc2c(c1)CCC2. The standard InChI is InChI=1S/C24H29N3O3/c1-16(23(28)27-19-12-11-17-6-4-7-18(17)14-19)26-22-10-3-2-9-21(22)24(29)25-15-20-8-5-13-30-20/h2-3,9-12,14,16,20,26H,4-8,13,15H2,1H3,(H,25,29)(H,27,28). The highest BCUT2D eigenvalue weighted by molar-refractivity contribution is 6.01. The van der Waals surface area contributed by atoms with Crippen molar-refractivity contribution in [3.05, 3.63) is 59.2 Å². The van der Waals surface area contributed by atoms with Gasteiger partial charge in [-0.2, -0.15) is 0 Å². The lowest BCUT2D eigenvalue weighted by Gasteiger charge is -2.18. The molecule has 0 spiro atoms. The second-order valence-electron chi connectivity index (χ2n) is 8.08. The van der Waals surface area contributed by atoms with Crippen molar-refractivity contribution in [1.29, 1.82) is 0 Å². The number of ether oxygens (including phenoxy) is 1. The number of nitrogens with one attached hydrogen (secondary N) is 3. The minimum Gasteiger partial charge on any atom is -0.376 e. The molecule has 0 aromatic heterocycles. The average molecular weight is 408 g/mol. The van der Waals surface area contributed by atoms with Crippen LogP contribution in [0.15, 0.2) is 42.5 Å². The summed E-state index contributed by atoms with van der Waals surface area (Å²) >= 11 is 0. The zero-order chi connectivity index (χ0) is 20.9. The van der Waals surface area contributed by atoms with Crippen LogP contribution in [0.3, 0.4) is 0 Å². The van der Waals surface area contributed by atoms with Crippen LogP contribution in [0, 0.1) is 0 Å². The summed E-state index contributed by atoms with van der Waals surface area (Å²) in [4.78, 5) is 25.4. The third-order valence-corrected chi connectivity index (χ3v) is 5.82. The highest BCUT2D eigenvalue weighted by atomic mass is 16.5. The van der Waals surface area contributed by atoms with E-state index in [1.807, 2.05) is 24.3 Å². The van der Waals surface area contributed by atoms with Gasteiger partial charge in [0.1, 0.15) is 6.04 Å². The summed E-state index contributed by atoms with van der Waals surface area (Å²) in [6.07, 6.45) is 5.46. The number of amides is 2. The Bertz CT molecular complexity index is 922. The van der Waals surface area contributed by atoms with E-state index in [0.29, 0.717) is 17.8 Å². The van der Waals surface area contributed by atoms with E-state index in [4.69, 9.17) is 4.74 Å². The second kappa shape index (κ2) is 9.30. The number of hydrogen-bond acceptors (Lipinski definition) is 4. The van der Waals surface area contributed by atoms with Crippen LogP contribution >= 0.6 is 0 Å². The Morgan fingerprint density at radius 1 is 1.10 bits per heavy atom. The molecular weight excluding hydrogens is 378 g/mol. The lowest BCUT2D eigenvalue weighted by molar-refractivity contribution is -0.116. The number of aryl methyl sites for hydroxylation is 2. The molecule has 2 aromatic rings. The fourth-order valence-corrected chi connectivity index (χ4v) is 4.11. The van der Waals surface area contributed by atoms with Crippen molar-refractivity contribution in [2.75, 3.05) is 23.8 Å². The first-order valence-corrected chi connectivity index (χ1v) is 10.8. The Hall–Kier alpha value is -2.86. The number of benzene rings is 2. The topological polar surface area (TPSA) is 79.5 Å². The molecule has 2 aromatic carbocycles. The maximum Gasteiger partial charge on any atom is 0.253 e. The maximum atomic E-state index is 12.7. The van der Waals surface area contributed by atoms with Crippen LogP contribution in [-0.4, -0.2) is 37.1 Å². The van der Waals surface area contributed by atoms with Gasteiger partial charge in [0, 0.05) is 24.5 Å². The van der Waals surface area contributed by atoms with Gasteiger partial charge in [-0.25, -0.2) is 0 Å². The smallest absolute Gasteiger partial charge is 0.253 e. The second-order valence-corrected chi connectivity index (χ2v) is 8.08. The summed E-state index contributed by atoms with van der Waals surface area (Å²) in [5, 5.41) is 9.11. The predicted octanol–water partition coefficient (Wildman–Crippen LogP) is 3.52. The zero-order valence-corrected chi connectivity index (χ0v) is 17.4. The highest BCUT2D eigenvalue weighted by Gasteiger charge is 2.20. The lowest BCUT2D eigenvalue weighted by Crippen LogP contribution is -2.34. The van der Waals surface area contributed by atoms with Gasteiger partial charge in [0.2, 0.25) is 5.91 Å². The number of fused-ring (bicyclic) bond motifs is 1. The molecule has 4 rings (SSSR count). The fourth-order valence-electron chi connectivity index (χ4n) is 4.11. The summed E-state index contributed by atoms with van der Waals surface area (Å²) in [7, 11) is 0. The Balaban J connectivity index is 1.37. The molecule has 0 bridgehead atoms. The van der Waals surface area contributed by atoms with E-state index in [-0.39, 0.29) is 17.9 Å². The summed E-state index contributed by atoms with van der Waals surface area (Å²) in [6.45, 7) is 3.06. The van der Waals surface area contributed by atoms with Gasteiger partial charge >= 0.3 is 0 Å². The molecule has 2 aliphatic rings. The molecule has 1 fully saturated rings. The van der Waals surface area contributed by atoms with Crippen molar-refractivity contribution in [3.63, 3.8) is 0 Å². The number of carbonyl (C=O) groups is 2. The monoisotopic (exact) mass is 407 g/mol. The first-order valence-electron chi connectivity index (χ1n) is 10.8. The van der Waals surface area contributed by atoms with Crippen LogP contribution < -0.4 is 16.0 Å². The Morgan fingerprint density at radius 3 is 2.77 bits per heavy atom. The van der Waals surface area contributed by atoms with Crippen molar-refractivity contribution in [3.8, 4) is 0 Å². The summed E-state index contributed by atoms with van der Waals surface area (Å²) in [6, 6.07) is 12.9. The van der Waals surface area contributed by atoms with Gasteiger partial charge in [0.25, 0.3) is 5.91 Å². The molecule has 1 aliphatic carbocycles. The summed E-state index contributed by atoms with van der Waals surface area (Å²) < 4.78 is 5.57. The van der Waals surface area contributed by atoms with E-state index in [1.165, 1.54) is 17.5 Å². The normalized spacial score (nSPS) is 18.5. The van der Waals surface area contributed by atoms with E-state index in [2.05, 4.69) is 28.1 Å². The lowest BCUT2D eigenvalue weighted by atomic mass is 10.1. The van der Waals surface area contributed by atoms with Crippen LogP contribution in [0.5, 0.6) is 0 Å². The first kappa shape index (κ1) is 20.4. The molecule has 3 N–H and O–H groups in total. The molecule has 1 heterocycles. The largest absolute Gasteiger partial charge is 0.376 e. The van der Waals surface area contributed by atoms with Crippen LogP contribution in [0.2, 0.25) is 0 Å². The minimum atomic E-state index is -0.495. The van der Waals surface area contributed by atoms with Gasteiger partial charge < -0.3 is 20.7 Å². The van der Waals surface area contributed by atoms with Gasteiger partial charge in [-0.3, -0.25) is 9.59 Å². The quantitative estimate of drug-likeness (QED) is 0.656. The Labute approximate surface area is 177 Å². The van der Waals surface area contributed by atoms with Crippen LogP contribution in [-0.2, 0) is 22.4 Å². The van der Waals surface area contributed by atoms with Crippen molar-refractivity contribution in [2.45, 2.75) is 51.2 Å². The molecular formula is C24H29N3O3. The van der Waals surface area contributed by atoms with Crippen LogP contribution in [0.25, 0.3) is 0 Å². The summed E-state index contributed by atoms with van der Waals surface area (Å²) in [5.41, 5.74) is 4.67. The molecule has 2 amide bonds. The van der Waals surface area contributed by atoms with Crippen molar-refractivity contribution < 1.29 is 14.3 Å². The highest BCUT2D eigenvalue weighted by Crippen LogP contribution is 2.25. The summed E-state index contributed by atoms with van der Waals surface area (Å²) in [5.74, 6) is -0.303. The van der Waals surface area contributed by atoms with E-state index < -0.39 is 6.04 Å². The molecule has 1 saturated heterocycles. The molecule has 6 heteroatoms. The number of para-hydroxylation sites is 1. The third kappa shape index (κ3) is 4.82. The number of rotatable bonds is 7. The number of anilines is 2. The van der Waals surface area contributed by atoms with E-state index in [0.717, 1.165) is 38.0 Å². The molecule has 2 unspecified atom stereocenters. The van der Waals surface area contributed by atoms with Crippen molar-refractivity contribution in [1.82, 2.24) is 5.32 Å². The Kier molecular flexibility index (Phi) is 6.33. The van der Waals surface area contributed by atoms with Crippen LogP contribution in [0.4, 0.5) is 11.4 Å². The molecule has 0 saturated carbocycles. The molecule has 2 atom stereocenters.